The highest BCUT2D eigenvalue weighted by atomic mass is 16.6. The summed E-state index contributed by atoms with van der Waals surface area (Å²) in [6.07, 6.45) is 2.70. The van der Waals surface area contributed by atoms with Crippen molar-refractivity contribution >= 4 is 0 Å². The van der Waals surface area contributed by atoms with Crippen LogP contribution in [0.2, 0.25) is 0 Å². The Kier molecular flexibility index (Phi) is 3.50. The number of nitrogens with zero attached hydrogens (tertiary/aromatic N) is 2. The second-order valence-electron chi connectivity index (χ2n) is 1.69. The molecule has 0 aliphatic rings. The van der Waals surface area contributed by atoms with Crippen LogP contribution in [-0.4, -0.2) is 9.85 Å². The molecule has 0 N–H and O–H groups in total. The van der Waals surface area contributed by atoms with E-state index in [9.17, 15) is 20.2 Å². The summed E-state index contributed by atoms with van der Waals surface area (Å²) in [5, 5.41) is 19.6. The second kappa shape index (κ2) is 4.15. The number of hydrogen-bond donors (Lipinski definition) is 0. The minimum absolute atomic E-state index is 0.136. The zero-order valence-electron chi connectivity index (χ0n) is 5.76. The first kappa shape index (κ1) is 9.28. The molecule has 0 spiro atoms. The molecule has 0 saturated carbocycles. The third-order valence-electron chi connectivity index (χ3n) is 0.833. The number of nitro groups is 2. The van der Waals surface area contributed by atoms with Crippen LogP contribution >= 0.6 is 0 Å². The van der Waals surface area contributed by atoms with Gasteiger partial charge in [-0.25, -0.2) is 0 Å². The highest BCUT2D eigenvalue weighted by Crippen LogP contribution is 1.92. The largest absolute Gasteiger partial charge is 0.259 e. The first-order valence-electron chi connectivity index (χ1n) is 2.67. The normalized spacial score (nSPS) is 11.9. The van der Waals surface area contributed by atoms with Crippen molar-refractivity contribution in [3.63, 3.8) is 0 Å². The van der Waals surface area contributed by atoms with Crippen LogP contribution in [0.15, 0.2) is 24.0 Å². The topological polar surface area (TPSA) is 86.3 Å². The average molecular weight is 158 g/mol. The van der Waals surface area contributed by atoms with Gasteiger partial charge in [0.25, 0.3) is 0 Å². The van der Waals surface area contributed by atoms with Gasteiger partial charge in [-0.2, -0.15) is 0 Å². The molecule has 6 nitrogen and oxygen atoms in total. The quantitative estimate of drug-likeness (QED) is 0.347. The SMILES string of the molecule is C/C(=C\C=C\[N+](=O)[O-])[N+](=O)[O-]. The van der Waals surface area contributed by atoms with Crippen LogP contribution in [-0.2, 0) is 0 Å². The molecule has 0 amide bonds. The number of rotatable bonds is 3. The summed E-state index contributed by atoms with van der Waals surface area (Å²) in [5.74, 6) is 0. The third kappa shape index (κ3) is 4.76. The fraction of sp³-hybridized carbons (Fsp3) is 0.200. The maximum Gasteiger partial charge on any atom is 0.243 e. The molecular formula is C5H6N2O4. The monoisotopic (exact) mass is 158 g/mol. The molecule has 0 aromatic rings. The Morgan fingerprint density at radius 2 is 1.91 bits per heavy atom. The maximum absolute atomic E-state index is 9.91. The molecule has 0 aliphatic heterocycles. The predicted octanol–water partition coefficient (Wildman–Crippen LogP) is 0.957. The molecular weight excluding hydrogens is 152 g/mol. The van der Waals surface area contributed by atoms with Gasteiger partial charge in [0, 0.05) is 19.1 Å². The first-order chi connectivity index (χ1) is 5.04. The van der Waals surface area contributed by atoms with Crippen LogP contribution in [0.4, 0.5) is 0 Å². The van der Waals surface area contributed by atoms with Gasteiger partial charge in [-0.15, -0.1) is 0 Å². The summed E-state index contributed by atoms with van der Waals surface area (Å²) < 4.78 is 0. The van der Waals surface area contributed by atoms with Crippen molar-refractivity contribution in [1.29, 1.82) is 0 Å². The molecule has 60 valence electrons. The highest BCUT2D eigenvalue weighted by Gasteiger charge is 1.97. The van der Waals surface area contributed by atoms with E-state index in [2.05, 4.69) is 0 Å². The van der Waals surface area contributed by atoms with Gasteiger partial charge in [-0.1, -0.05) is 0 Å². The minimum atomic E-state index is -0.691. The van der Waals surface area contributed by atoms with Crippen LogP contribution in [0.5, 0.6) is 0 Å². The summed E-state index contributed by atoms with van der Waals surface area (Å²) in [4.78, 5) is 18.3. The lowest BCUT2D eigenvalue weighted by molar-refractivity contribution is -0.424. The van der Waals surface area contributed by atoms with Crippen molar-refractivity contribution in [1.82, 2.24) is 0 Å². The predicted molar refractivity (Wildman–Crippen MR) is 36.9 cm³/mol. The van der Waals surface area contributed by atoms with E-state index in [1.807, 2.05) is 0 Å². The van der Waals surface area contributed by atoms with Gasteiger partial charge in [0.15, 0.2) is 0 Å². The lowest BCUT2D eigenvalue weighted by Crippen LogP contribution is -1.92. The Hall–Kier alpha value is -1.72. The molecule has 0 atom stereocenters. The fourth-order valence-electron chi connectivity index (χ4n) is 0.313. The lowest BCUT2D eigenvalue weighted by Gasteiger charge is -1.83. The van der Waals surface area contributed by atoms with Crippen LogP contribution < -0.4 is 0 Å². The van der Waals surface area contributed by atoms with Crippen LogP contribution in [0, 0.1) is 20.2 Å². The molecule has 0 radical (unpaired) electrons. The summed E-state index contributed by atoms with van der Waals surface area (Å²) in [5.41, 5.74) is -0.136. The Morgan fingerprint density at radius 3 is 2.27 bits per heavy atom. The molecule has 0 fully saturated rings. The Bertz CT molecular complexity index is 231. The van der Waals surface area contributed by atoms with Crippen LogP contribution in [0.3, 0.4) is 0 Å². The Balaban J connectivity index is 4.13. The average Bonchev–Trinajstić information content (AvgIpc) is 1.86. The molecule has 0 bridgehead atoms. The van der Waals surface area contributed by atoms with E-state index in [1.54, 1.807) is 0 Å². The molecule has 0 aromatic heterocycles. The fourth-order valence-corrected chi connectivity index (χ4v) is 0.313. The van der Waals surface area contributed by atoms with Gasteiger partial charge in [-0.05, 0) is 0 Å². The van der Waals surface area contributed by atoms with Gasteiger partial charge < -0.3 is 0 Å². The zero-order valence-corrected chi connectivity index (χ0v) is 5.76. The molecule has 0 saturated heterocycles. The summed E-state index contributed by atoms with van der Waals surface area (Å²) in [6.45, 7) is 1.25. The maximum atomic E-state index is 9.91. The first-order valence-corrected chi connectivity index (χ1v) is 2.67. The van der Waals surface area contributed by atoms with E-state index in [0.717, 1.165) is 12.2 Å². The van der Waals surface area contributed by atoms with E-state index < -0.39 is 9.85 Å². The third-order valence-corrected chi connectivity index (χ3v) is 0.833. The van der Waals surface area contributed by atoms with E-state index in [1.165, 1.54) is 6.92 Å². The highest BCUT2D eigenvalue weighted by molar-refractivity contribution is 5.02. The minimum Gasteiger partial charge on any atom is -0.259 e. The van der Waals surface area contributed by atoms with Crippen LogP contribution in [0.25, 0.3) is 0 Å². The summed E-state index contributed by atoms with van der Waals surface area (Å²) in [6, 6.07) is 0. The number of allylic oxidation sites excluding steroid dienone is 3. The molecule has 0 heterocycles. The van der Waals surface area contributed by atoms with E-state index >= 15 is 0 Å². The van der Waals surface area contributed by atoms with Gasteiger partial charge >= 0.3 is 0 Å². The zero-order chi connectivity index (χ0) is 8.85. The van der Waals surface area contributed by atoms with Gasteiger partial charge in [0.05, 0.1) is 9.85 Å². The molecule has 0 unspecified atom stereocenters. The summed E-state index contributed by atoms with van der Waals surface area (Å²) in [7, 11) is 0. The van der Waals surface area contributed by atoms with Gasteiger partial charge in [0.1, 0.15) is 0 Å². The van der Waals surface area contributed by atoms with Crippen molar-refractivity contribution in [3.8, 4) is 0 Å². The second-order valence-corrected chi connectivity index (χ2v) is 1.69. The molecule has 0 aromatic carbocycles. The van der Waals surface area contributed by atoms with Gasteiger partial charge in [-0.3, -0.25) is 20.2 Å². The number of hydrogen-bond acceptors (Lipinski definition) is 4. The molecule has 11 heavy (non-hydrogen) atoms. The molecule has 0 rings (SSSR count). The van der Waals surface area contributed by atoms with E-state index in [0.29, 0.717) is 6.20 Å². The van der Waals surface area contributed by atoms with Gasteiger partial charge in [0.2, 0.25) is 11.9 Å². The smallest absolute Gasteiger partial charge is 0.243 e. The van der Waals surface area contributed by atoms with Crippen molar-refractivity contribution in [2.45, 2.75) is 6.92 Å². The van der Waals surface area contributed by atoms with Crippen LogP contribution in [0.1, 0.15) is 6.92 Å². The standard InChI is InChI=1S/C5H6N2O4/c1-5(7(10)11)3-2-4-6(8)9/h2-4H,1H3/b4-2+,5-3+. The Labute approximate surface area is 62.1 Å². The lowest BCUT2D eigenvalue weighted by atomic mass is 10.4. The molecule has 6 heteroatoms. The van der Waals surface area contributed by atoms with Crippen molar-refractivity contribution < 1.29 is 9.85 Å². The van der Waals surface area contributed by atoms with Crippen molar-refractivity contribution in [2.75, 3.05) is 0 Å². The Morgan fingerprint density at radius 1 is 1.36 bits per heavy atom. The van der Waals surface area contributed by atoms with Crippen molar-refractivity contribution in [3.05, 3.63) is 44.3 Å². The van der Waals surface area contributed by atoms with E-state index in [-0.39, 0.29) is 5.70 Å². The summed E-state index contributed by atoms with van der Waals surface area (Å²) >= 11 is 0. The molecule has 0 aliphatic carbocycles. The van der Waals surface area contributed by atoms with E-state index in [4.69, 9.17) is 0 Å². The van der Waals surface area contributed by atoms with Crippen molar-refractivity contribution in [2.24, 2.45) is 0 Å².